The number of aliphatic hydroxyl groups is 3. The first-order chi connectivity index (χ1) is 12.1. The molecule has 0 aromatic heterocycles. The average Bonchev–Trinajstić information content (AvgIpc) is 2.89. The fourth-order valence-corrected chi connectivity index (χ4v) is 4.99. The lowest BCUT2D eigenvalue weighted by molar-refractivity contribution is 0.0536. The highest BCUT2D eigenvalue weighted by Gasteiger charge is 2.40. The van der Waals surface area contributed by atoms with Crippen molar-refractivity contribution in [3.63, 3.8) is 0 Å². The fraction of sp³-hybridized carbons (Fsp3) is 0.900. The molecule has 0 saturated heterocycles. The molecule has 5 heteroatoms. The second kappa shape index (κ2) is 11.6. The van der Waals surface area contributed by atoms with Gasteiger partial charge >= 0.3 is 0 Å². The molecule has 0 unspecified atom stereocenters. The normalized spacial score (nSPS) is 32.5. The number of ether oxygens (including phenoxy) is 1. The molecule has 0 aromatic rings. The lowest BCUT2D eigenvalue weighted by atomic mass is 9.81. The maximum absolute atomic E-state index is 10.5. The topological polar surface area (TPSA) is 69.9 Å². The summed E-state index contributed by atoms with van der Waals surface area (Å²) in [5.41, 5.74) is 0. The van der Waals surface area contributed by atoms with Gasteiger partial charge in [0.05, 0.1) is 32.0 Å². The quantitative estimate of drug-likeness (QED) is 0.312. The summed E-state index contributed by atoms with van der Waals surface area (Å²) in [6, 6.07) is 0. The summed E-state index contributed by atoms with van der Waals surface area (Å²) in [5, 5.41) is 29.6. The molecule has 0 aromatic carbocycles. The molecule has 0 bridgehead atoms. The van der Waals surface area contributed by atoms with E-state index in [2.05, 4.69) is 6.08 Å². The molecule has 25 heavy (non-hydrogen) atoms. The molecule has 146 valence electrons. The third-order valence-corrected chi connectivity index (χ3v) is 6.49. The van der Waals surface area contributed by atoms with Crippen LogP contribution < -0.4 is 0 Å². The van der Waals surface area contributed by atoms with Gasteiger partial charge in [-0.3, -0.25) is 0 Å². The molecule has 0 spiro atoms. The summed E-state index contributed by atoms with van der Waals surface area (Å²) >= 11 is 6.47. The second-order valence-electron chi connectivity index (χ2n) is 7.70. The largest absolute Gasteiger partial charge is 0.394 e. The summed E-state index contributed by atoms with van der Waals surface area (Å²) < 4.78 is 5.22. The minimum Gasteiger partial charge on any atom is -0.394 e. The van der Waals surface area contributed by atoms with E-state index in [4.69, 9.17) is 21.4 Å². The van der Waals surface area contributed by atoms with Gasteiger partial charge in [0, 0.05) is 5.38 Å². The highest BCUT2D eigenvalue weighted by atomic mass is 35.5. The van der Waals surface area contributed by atoms with Crippen molar-refractivity contribution < 1.29 is 20.1 Å². The van der Waals surface area contributed by atoms with Crippen molar-refractivity contribution >= 4 is 11.6 Å². The Balaban J connectivity index is 1.77. The molecule has 2 aliphatic carbocycles. The van der Waals surface area contributed by atoms with Crippen LogP contribution in [0.4, 0.5) is 0 Å². The molecular formula is C20H35ClO4. The molecule has 2 aliphatic rings. The van der Waals surface area contributed by atoms with Crippen LogP contribution in [0.15, 0.2) is 12.2 Å². The molecule has 2 fully saturated rings. The van der Waals surface area contributed by atoms with E-state index in [1.165, 1.54) is 19.3 Å². The van der Waals surface area contributed by atoms with Gasteiger partial charge in [0.2, 0.25) is 0 Å². The van der Waals surface area contributed by atoms with Gasteiger partial charge in [0.1, 0.15) is 0 Å². The van der Waals surface area contributed by atoms with Crippen molar-refractivity contribution in [1.82, 2.24) is 0 Å². The van der Waals surface area contributed by atoms with Crippen molar-refractivity contribution in [2.24, 2.45) is 17.8 Å². The van der Waals surface area contributed by atoms with Crippen molar-refractivity contribution in [2.45, 2.75) is 75.4 Å². The zero-order valence-electron chi connectivity index (χ0n) is 15.2. The number of hydrogen-bond donors (Lipinski definition) is 3. The van der Waals surface area contributed by atoms with E-state index in [0.717, 1.165) is 32.1 Å². The van der Waals surface area contributed by atoms with Gasteiger partial charge in [-0.05, 0) is 56.3 Å². The molecular weight excluding hydrogens is 340 g/mol. The van der Waals surface area contributed by atoms with Gasteiger partial charge in [-0.15, -0.1) is 11.6 Å². The third kappa shape index (κ3) is 6.84. The van der Waals surface area contributed by atoms with E-state index in [-0.39, 0.29) is 36.0 Å². The van der Waals surface area contributed by atoms with Gasteiger partial charge in [-0.1, -0.05) is 31.4 Å². The minimum atomic E-state index is -0.356. The van der Waals surface area contributed by atoms with Crippen molar-refractivity contribution in [2.75, 3.05) is 19.8 Å². The maximum atomic E-state index is 10.5. The van der Waals surface area contributed by atoms with Crippen LogP contribution in [0.1, 0.15) is 57.8 Å². The predicted molar refractivity (Wildman–Crippen MR) is 101 cm³/mol. The molecule has 0 heterocycles. The van der Waals surface area contributed by atoms with Gasteiger partial charge < -0.3 is 20.1 Å². The molecule has 0 amide bonds. The molecule has 0 radical (unpaired) electrons. The Kier molecular flexibility index (Phi) is 9.79. The van der Waals surface area contributed by atoms with Crippen LogP contribution in [0.3, 0.4) is 0 Å². The highest BCUT2D eigenvalue weighted by Crippen LogP contribution is 2.42. The van der Waals surface area contributed by atoms with Crippen LogP contribution in [0.25, 0.3) is 0 Å². The molecule has 2 rings (SSSR count). The Hall–Kier alpha value is -0.130. The summed E-state index contributed by atoms with van der Waals surface area (Å²) in [7, 11) is 0. The van der Waals surface area contributed by atoms with Gasteiger partial charge in [-0.2, -0.15) is 0 Å². The van der Waals surface area contributed by atoms with Crippen LogP contribution in [0.5, 0.6) is 0 Å². The van der Waals surface area contributed by atoms with E-state index in [0.29, 0.717) is 25.6 Å². The van der Waals surface area contributed by atoms with Crippen molar-refractivity contribution in [1.29, 1.82) is 0 Å². The Morgan fingerprint density at radius 2 is 1.88 bits per heavy atom. The van der Waals surface area contributed by atoms with E-state index in [1.54, 1.807) is 0 Å². The highest BCUT2D eigenvalue weighted by molar-refractivity contribution is 6.21. The molecule has 0 aliphatic heterocycles. The number of alkyl halides is 1. The summed E-state index contributed by atoms with van der Waals surface area (Å²) in [4.78, 5) is 0. The SMILES string of the molecule is OCCOC/C=C\C[C@@H]1[C@@H](CC[C@@H](O)C2CCCCC2)[C@H](O)C[C@H]1Cl. The average molecular weight is 375 g/mol. The fourth-order valence-electron chi connectivity index (χ4n) is 4.52. The van der Waals surface area contributed by atoms with Gasteiger partial charge in [0.15, 0.2) is 0 Å². The predicted octanol–water partition coefficient (Wildman–Crippen LogP) is 3.27. The summed E-state index contributed by atoms with van der Waals surface area (Å²) in [5.74, 6) is 0.870. The number of aliphatic hydroxyl groups excluding tert-OH is 3. The summed E-state index contributed by atoms with van der Waals surface area (Å²) in [6.45, 7) is 0.887. The van der Waals surface area contributed by atoms with Gasteiger partial charge in [-0.25, -0.2) is 0 Å². The minimum absolute atomic E-state index is 0.00478. The molecule has 2 saturated carbocycles. The van der Waals surface area contributed by atoms with E-state index in [9.17, 15) is 10.2 Å². The zero-order valence-corrected chi connectivity index (χ0v) is 16.0. The third-order valence-electron chi connectivity index (χ3n) is 5.99. The maximum Gasteiger partial charge on any atom is 0.0701 e. The van der Waals surface area contributed by atoms with Crippen LogP contribution >= 0.6 is 11.6 Å². The van der Waals surface area contributed by atoms with Crippen molar-refractivity contribution in [3.8, 4) is 0 Å². The van der Waals surface area contributed by atoms with E-state index >= 15 is 0 Å². The number of allylic oxidation sites excluding steroid dienone is 1. The second-order valence-corrected chi connectivity index (χ2v) is 8.26. The van der Waals surface area contributed by atoms with E-state index < -0.39 is 0 Å². The first kappa shape index (κ1) is 21.2. The Morgan fingerprint density at radius 3 is 2.60 bits per heavy atom. The number of halogens is 1. The number of rotatable bonds is 10. The van der Waals surface area contributed by atoms with Crippen LogP contribution in [-0.4, -0.2) is 52.7 Å². The monoisotopic (exact) mass is 374 g/mol. The number of hydrogen-bond acceptors (Lipinski definition) is 4. The van der Waals surface area contributed by atoms with Crippen LogP contribution in [-0.2, 0) is 4.74 Å². The molecule has 3 N–H and O–H groups in total. The Morgan fingerprint density at radius 1 is 1.12 bits per heavy atom. The smallest absolute Gasteiger partial charge is 0.0701 e. The molecule has 5 atom stereocenters. The Labute approximate surface area is 157 Å². The van der Waals surface area contributed by atoms with Crippen molar-refractivity contribution in [3.05, 3.63) is 12.2 Å². The lowest BCUT2D eigenvalue weighted by Crippen LogP contribution is -2.26. The standard InChI is InChI=1S/C20H35ClO4/c21-18-14-20(24)17(16(18)8-4-5-12-25-13-11-22)9-10-19(23)15-6-2-1-3-7-15/h4-5,15-20,22-24H,1-3,6-14H2/b5-4-/t16-,17-,18-,19-,20-/m1/s1. The lowest BCUT2D eigenvalue weighted by Gasteiger charge is -2.29. The first-order valence-electron chi connectivity index (χ1n) is 9.97. The summed E-state index contributed by atoms with van der Waals surface area (Å²) in [6.07, 6.45) is 12.6. The van der Waals surface area contributed by atoms with Gasteiger partial charge in [0.25, 0.3) is 0 Å². The van der Waals surface area contributed by atoms with Crippen LogP contribution in [0.2, 0.25) is 0 Å². The molecule has 4 nitrogen and oxygen atoms in total. The first-order valence-corrected chi connectivity index (χ1v) is 10.4. The zero-order chi connectivity index (χ0) is 18.1. The van der Waals surface area contributed by atoms with Crippen LogP contribution in [0, 0.1) is 17.8 Å². The Bertz CT molecular complexity index is 384. The van der Waals surface area contributed by atoms with E-state index in [1.807, 2.05) is 6.08 Å².